The average molecular weight is 279 g/mol. The molecule has 0 radical (unpaired) electrons. The van der Waals surface area contributed by atoms with E-state index < -0.39 is 11.7 Å². The highest BCUT2D eigenvalue weighted by atomic mass is 16.5. The van der Waals surface area contributed by atoms with E-state index in [1.807, 2.05) is 6.92 Å². The van der Waals surface area contributed by atoms with E-state index in [9.17, 15) is 15.0 Å². The molecule has 1 atom stereocenters. The normalized spacial score (nSPS) is 15.9. The van der Waals surface area contributed by atoms with Gasteiger partial charge in [-0.25, -0.2) is 4.79 Å². The molecule has 20 heavy (non-hydrogen) atoms. The Labute approximate surface area is 118 Å². The number of aliphatic hydroxyl groups excluding tert-OH is 1. The molecule has 0 amide bonds. The lowest BCUT2D eigenvalue weighted by Gasteiger charge is -2.20. The molecule has 110 valence electrons. The number of benzene rings is 1. The van der Waals surface area contributed by atoms with Crippen molar-refractivity contribution in [1.29, 1.82) is 0 Å². The molecule has 0 spiro atoms. The fraction of sp³-hybridized carbons (Fsp3) is 0.533. The summed E-state index contributed by atoms with van der Waals surface area (Å²) in [5.41, 5.74) is 2.31. The Bertz CT molecular complexity index is 519. The fourth-order valence-electron chi connectivity index (χ4n) is 2.35. The van der Waals surface area contributed by atoms with Crippen LogP contribution in [0.4, 0.5) is 0 Å². The van der Waals surface area contributed by atoms with E-state index in [1.165, 1.54) is 0 Å². The second-order valence-electron chi connectivity index (χ2n) is 5.84. The van der Waals surface area contributed by atoms with Gasteiger partial charge in [-0.15, -0.1) is 0 Å². The van der Waals surface area contributed by atoms with Crippen molar-refractivity contribution in [3.8, 4) is 0 Å². The van der Waals surface area contributed by atoms with Crippen molar-refractivity contribution in [2.24, 2.45) is 0 Å². The first-order chi connectivity index (χ1) is 9.29. The molecule has 0 saturated heterocycles. The maximum Gasteiger partial charge on any atom is 0.338 e. The molecular weight excluding hydrogens is 258 g/mol. The molecule has 3 N–H and O–H groups in total. The molecule has 1 heterocycles. The van der Waals surface area contributed by atoms with Crippen LogP contribution in [0.25, 0.3) is 0 Å². The summed E-state index contributed by atoms with van der Waals surface area (Å²) in [5, 5.41) is 22.9. The summed E-state index contributed by atoms with van der Waals surface area (Å²) < 4.78 is 5.00. The molecule has 0 bridgehead atoms. The highest BCUT2D eigenvalue weighted by molar-refractivity contribution is 5.93. The van der Waals surface area contributed by atoms with Crippen LogP contribution in [0, 0.1) is 6.92 Å². The maximum atomic E-state index is 11.5. The Balaban J connectivity index is 2.08. The number of rotatable bonds is 5. The van der Waals surface area contributed by atoms with Gasteiger partial charge in [0.1, 0.15) is 6.61 Å². The van der Waals surface area contributed by atoms with Crippen molar-refractivity contribution in [1.82, 2.24) is 5.32 Å². The van der Waals surface area contributed by atoms with Gasteiger partial charge in [-0.2, -0.15) is 0 Å². The SMILES string of the molecule is Cc1c([C@@H](O)CNCC(C)(C)O)ccc2c1COC2=O. The minimum absolute atomic E-state index is 0.275. The summed E-state index contributed by atoms with van der Waals surface area (Å²) in [4.78, 5) is 11.5. The van der Waals surface area contributed by atoms with Crippen molar-refractivity contribution in [3.63, 3.8) is 0 Å². The lowest BCUT2D eigenvalue weighted by Crippen LogP contribution is -2.36. The molecule has 1 aliphatic heterocycles. The number of fused-ring (bicyclic) bond motifs is 1. The van der Waals surface area contributed by atoms with Gasteiger partial charge in [-0.05, 0) is 38.0 Å². The van der Waals surface area contributed by atoms with Crippen LogP contribution in [0.1, 0.15) is 47.0 Å². The number of cyclic esters (lactones) is 1. The quantitative estimate of drug-likeness (QED) is 0.702. The molecule has 0 saturated carbocycles. The van der Waals surface area contributed by atoms with E-state index in [0.717, 1.165) is 16.7 Å². The Hall–Kier alpha value is -1.43. The van der Waals surface area contributed by atoms with Gasteiger partial charge in [0.15, 0.2) is 0 Å². The van der Waals surface area contributed by atoms with Crippen molar-refractivity contribution in [2.75, 3.05) is 13.1 Å². The third-order valence-corrected chi connectivity index (χ3v) is 3.46. The van der Waals surface area contributed by atoms with E-state index >= 15 is 0 Å². The summed E-state index contributed by atoms with van der Waals surface area (Å²) in [5.74, 6) is -0.302. The molecule has 1 aliphatic rings. The topological polar surface area (TPSA) is 78.8 Å². The third-order valence-electron chi connectivity index (χ3n) is 3.46. The minimum atomic E-state index is -0.813. The molecule has 5 nitrogen and oxygen atoms in total. The number of aliphatic hydroxyl groups is 2. The van der Waals surface area contributed by atoms with Crippen molar-refractivity contribution in [3.05, 3.63) is 34.4 Å². The standard InChI is InChI=1S/C15H21NO4/c1-9-10(13(17)6-16-8-15(2,3)19)4-5-11-12(9)7-20-14(11)18/h4-5,13,16-17,19H,6-8H2,1-3H3/t13-/m0/s1. The molecule has 2 rings (SSSR count). The van der Waals surface area contributed by atoms with Crippen LogP contribution in [0.15, 0.2) is 12.1 Å². The number of esters is 1. The Morgan fingerprint density at radius 3 is 2.80 bits per heavy atom. The predicted molar refractivity (Wildman–Crippen MR) is 74.4 cm³/mol. The van der Waals surface area contributed by atoms with Crippen LogP contribution in [0.3, 0.4) is 0 Å². The first-order valence-electron chi connectivity index (χ1n) is 6.70. The second kappa shape index (κ2) is 5.52. The van der Waals surface area contributed by atoms with Gasteiger partial charge in [-0.1, -0.05) is 6.07 Å². The highest BCUT2D eigenvalue weighted by Gasteiger charge is 2.25. The number of ether oxygens (including phenoxy) is 1. The molecular formula is C15H21NO4. The highest BCUT2D eigenvalue weighted by Crippen LogP contribution is 2.28. The lowest BCUT2D eigenvalue weighted by atomic mass is 9.95. The van der Waals surface area contributed by atoms with Gasteiger partial charge in [0.2, 0.25) is 0 Å². The van der Waals surface area contributed by atoms with E-state index in [-0.39, 0.29) is 12.6 Å². The number of hydrogen-bond donors (Lipinski definition) is 3. The fourth-order valence-corrected chi connectivity index (χ4v) is 2.35. The predicted octanol–water partition coefficient (Wildman–Crippen LogP) is 1.06. The lowest BCUT2D eigenvalue weighted by molar-refractivity contribution is 0.0534. The van der Waals surface area contributed by atoms with Gasteiger partial charge >= 0.3 is 5.97 Å². The second-order valence-corrected chi connectivity index (χ2v) is 5.84. The van der Waals surface area contributed by atoms with E-state index in [0.29, 0.717) is 18.7 Å². The minimum Gasteiger partial charge on any atom is -0.457 e. The maximum absolute atomic E-state index is 11.5. The Morgan fingerprint density at radius 1 is 1.45 bits per heavy atom. The van der Waals surface area contributed by atoms with Crippen LogP contribution in [-0.4, -0.2) is 34.9 Å². The van der Waals surface area contributed by atoms with Gasteiger partial charge in [0.25, 0.3) is 0 Å². The van der Waals surface area contributed by atoms with E-state index in [1.54, 1.807) is 26.0 Å². The molecule has 1 aromatic carbocycles. The van der Waals surface area contributed by atoms with Gasteiger partial charge < -0.3 is 20.3 Å². The summed E-state index contributed by atoms with van der Waals surface area (Å²) in [6.07, 6.45) is -0.682. The van der Waals surface area contributed by atoms with E-state index in [4.69, 9.17) is 4.74 Å². The van der Waals surface area contributed by atoms with Crippen LogP contribution in [-0.2, 0) is 11.3 Å². The van der Waals surface area contributed by atoms with Crippen molar-refractivity contribution < 1.29 is 19.7 Å². The van der Waals surface area contributed by atoms with Crippen LogP contribution in [0.2, 0.25) is 0 Å². The van der Waals surface area contributed by atoms with Crippen molar-refractivity contribution in [2.45, 2.75) is 39.1 Å². The Morgan fingerprint density at radius 2 is 2.15 bits per heavy atom. The van der Waals surface area contributed by atoms with Crippen LogP contribution < -0.4 is 5.32 Å². The third kappa shape index (κ3) is 3.17. The zero-order chi connectivity index (χ0) is 14.9. The molecule has 5 heteroatoms. The smallest absolute Gasteiger partial charge is 0.338 e. The first-order valence-corrected chi connectivity index (χ1v) is 6.70. The number of hydrogen-bond acceptors (Lipinski definition) is 5. The number of nitrogens with one attached hydrogen (secondary N) is 1. The molecule has 0 aromatic heterocycles. The van der Waals surface area contributed by atoms with Gasteiger partial charge in [0, 0.05) is 18.7 Å². The van der Waals surface area contributed by atoms with E-state index in [2.05, 4.69) is 5.32 Å². The number of carbonyl (C=O) groups is 1. The van der Waals surface area contributed by atoms with Crippen LogP contribution >= 0.6 is 0 Å². The average Bonchev–Trinajstić information content (AvgIpc) is 2.71. The molecule has 0 fully saturated rings. The van der Waals surface area contributed by atoms with Gasteiger partial charge in [0.05, 0.1) is 17.3 Å². The largest absolute Gasteiger partial charge is 0.457 e. The monoisotopic (exact) mass is 279 g/mol. The summed E-state index contributed by atoms with van der Waals surface area (Å²) >= 11 is 0. The summed E-state index contributed by atoms with van der Waals surface area (Å²) in [6.45, 7) is 6.31. The van der Waals surface area contributed by atoms with Crippen LogP contribution in [0.5, 0.6) is 0 Å². The summed E-state index contributed by atoms with van der Waals surface area (Å²) in [7, 11) is 0. The summed E-state index contributed by atoms with van der Waals surface area (Å²) in [6, 6.07) is 3.46. The van der Waals surface area contributed by atoms with Crippen molar-refractivity contribution >= 4 is 5.97 Å². The zero-order valence-corrected chi connectivity index (χ0v) is 12.1. The zero-order valence-electron chi connectivity index (χ0n) is 12.1. The molecule has 0 unspecified atom stereocenters. The number of carbonyl (C=O) groups excluding carboxylic acids is 1. The molecule has 1 aromatic rings. The van der Waals surface area contributed by atoms with Gasteiger partial charge in [-0.3, -0.25) is 0 Å². The first kappa shape index (κ1) is 15.0. The Kier molecular flexibility index (Phi) is 4.13. The molecule has 0 aliphatic carbocycles.